The molecule has 1 aliphatic rings. The summed E-state index contributed by atoms with van der Waals surface area (Å²) in [5.74, 6) is -0.802. The molecule has 0 amide bonds. The molecule has 7 nitrogen and oxygen atoms in total. The first kappa shape index (κ1) is 36.3. The lowest BCUT2D eigenvalue weighted by atomic mass is 10.0. The highest BCUT2D eigenvalue weighted by Gasteiger charge is 2.53. The van der Waals surface area contributed by atoms with Crippen molar-refractivity contribution in [3.63, 3.8) is 0 Å². The summed E-state index contributed by atoms with van der Waals surface area (Å²) in [4.78, 5) is 25.2. The molecule has 4 rings (SSSR count). The predicted octanol–water partition coefficient (Wildman–Crippen LogP) is 6.99. The van der Waals surface area contributed by atoms with Crippen molar-refractivity contribution in [2.45, 2.75) is 110 Å². The Hall–Kier alpha value is -3.56. The van der Waals surface area contributed by atoms with Crippen LogP contribution < -0.4 is 10.4 Å². The van der Waals surface area contributed by atoms with Gasteiger partial charge in [-0.2, -0.15) is 0 Å². The average molecular weight is 659 g/mol. The molecule has 5 atom stereocenters. The van der Waals surface area contributed by atoms with Crippen LogP contribution in [0, 0.1) is 0 Å². The molecule has 3 aromatic rings. The number of carbonyl (C=O) groups excluding carboxylic acids is 2. The Balaban J connectivity index is 1.59. The number of ether oxygens (including phenoxy) is 4. The van der Waals surface area contributed by atoms with Gasteiger partial charge in [-0.1, -0.05) is 106 Å². The second kappa shape index (κ2) is 16.5. The SMILES string of the molecule is CC(C)OC(=O)/C=C/CCC(C)O[C@@H]1O[C@@H](C)[C@H](O[Si](c2ccccc2)(c2ccccc2)C(C)(C)C)C[C@H]1OC(=O)c1ccccc1. The fourth-order valence-corrected chi connectivity index (χ4v) is 10.8. The van der Waals surface area contributed by atoms with Crippen LogP contribution in [0.15, 0.2) is 103 Å². The van der Waals surface area contributed by atoms with Gasteiger partial charge in [-0.15, -0.1) is 0 Å². The third-order valence-electron chi connectivity index (χ3n) is 8.37. The van der Waals surface area contributed by atoms with Crippen LogP contribution in [-0.2, 0) is 28.2 Å². The molecule has 1 aliphatic heterocycles. The Bertz CT molecular complexity index is 1400. The standard InChI is InChI=1S/C39H50O7Si/c1-28(2)42-36(40)26-18-17-19-29(3)43-38-35(45-37(41)31-20-11-8-12-21-31)27-34(30(4)44-38)46-47(39(5,6)7,32-22-13-9-14-23-32)33-24-15-10-16-25-33/h8-16,18,20-26,28-30,34-35,38H,17,19,27H2,1-7H3/b26-18+/t29?,30-,34+,35+,38+/m0/s1. The van der Waals surface area contributed by atoms with E-state index in [1.165, 1.54) is 16.4 Å². The van der Waals surface area contributed by atoms with Gasteiger partial charge < -0.3 is 23.4 Å². The van der Waals surface area contributed by atoms with Crippen LogP contribution in [0.4, 0.5) is 0 Å². The Morgan fingerprint density at radius 1 is 0.872 bits per heavy atom. The van der Waals surface area contributed by atoms with Gasteiger partial charge in [-0.05, 0) is 68.1 Å². The maximum absolute atomic E-state index is 13.4. The summed E-state index contributed by atoms with van der Waals surface area (Å²) in [6.45, 7) is 14.3. The number of esters is 2. The summed E-state index contributed by atoms with van der Waals surface area (Å²) in [7, 11) is -2.91. The summed E-state index contributed by atoms with van der Waals surface area (Å²) in [5.41, 5.74) is 0.459. The Labute approximate surface area is 281 Å². The van der Waals surface area contributed by atoms with E-state index in [4.69, 9.17) is 23.4 Å². The van der Waals surface area contributed by atoms with E-state index in [0.717, 1.165) is 0 Å². The van der Waals surface area contributed by atoms with Crippen LogP contribution in [0.5, 0.6) is 0 Å². The van der Waals surface area contributed by atoms with Crippen molar-refractivity contribution in [3.8, 4) is 0 Å². The van der Waals surface area contributed by atoms with Gasteiger partial charge in [0.25, 0.3) is 8.32 Å². The number of rotatable bonds is 13. The lowest BCUT2D eigenvalue weighted by molar-refractivity contribution is -0.270. The summed E-state index contributed by atoms with van der Waals surface area (Å²) in [6.07, 6.45) is 2.28. The van der Waals surface area contributed by atoms with Crippen LogP contribution in [0.2, 0.25) is 5.04 Å². The predicted molar refractivity (Wildman–Crippen MR) is 187 cm³/mol. The highest BCUT2D eigenvalue weighted by Crippen LogP contribution is 2.40. The van der Waals surface area contributed by atoms with E-state index in [1.54, 1.807) is 18.2 Å². The van der Waals surface area contributed by atoms with Crippen molar-refractivity contribution in [1.82, 2.24) is 0 Å². The number of benzene rings is 3. The number of allylic oxidation sites excluding steroid dienone is 1. The first-order chi connectivity index (χ1) is 22.4. The molecule has 0 N–H and O–H groups in total. The quantitative estimate of drug-likeness (QED) is 0.111. The molecule has 1 unspecified atom stereocenters. The molecule has 0 bridgehead atoms. The average Bonchev–Trinajstić information content (AvgIpc) is 3.04. The topological polar surface area (TPSA) is 80.3 Å². The van der Waals surface area contributed by atoms with Gasteiger partial charge in [-0.25, -0.2) is 9.59 Å². The van der Waals surface area contributed by atoms with Crippen molar-refractivity contribution in [1.29, 1.82) is 0 Å². The summed E-state index contributed by atoms with van der Waals surface area (Å²) >= 11 is 0. The second-order valence-corrected chi connectivity index (χ2v) is 17.7. The third kappa shape index (κ3) is 9.51. The van der Waals surface area contributed by atoms with Crippen molar-refractivity contribution >= 4 is 30.6 Å². The van der Waals surface area contributed by atoms with E-state index in [2.05, 4.69) is 69.3 Å². The minimum Gasteiger partial charge on any atom is -0.460 e. The van der Waals surface area contributed by atoms with Crippen molar-refractivity contribution in [2.24, 2.45) is 0 Å². The van der Waals surface area contributed by atoms with Crippen LogP contribution in [-0.4, -0.2) is 57.1 Å². The van der Waals surface area contributed by atoms with Crippen LogP contribution in [0.25, 0.3) is 0 Å². The number of hydrogen-bond acceptors (Lipinski definition) is 7. The Morgan fingerprint density at radius 3 is 1.96 bits per heavy atom. The van der Waals surface area contributed by atoms with Gasteiger partial charge >= 0.3 is 11.9 Å². The maximum atomic E-state index is 13.4. The van der Waals surface area contributed by atoms with E-state index >= 15 is 0 Å². The van der Waals surface area contributed by atoms with Gasteiger partial charge in [0.1, 0.15) is 0 Å². The van der Waals surface area contributed by atoms with Crippen LogP contribution in [0.3, 0.4) is 0 Å². The minimum absolute atomic E-state index is 0.167. The Morgan fingerprint density at radius 2 is 1.43 bits per heavy atom. The molecule has 0 saturated carbocycles. The molecule has 252 valence electrons. The number of hydrogen-bond donors (Lipinski definition) is 0. The van der Waals surface area contributed by atoms with E-state index < -0.39 is 26.7 Å². The van der Waals surface area contributed by atoms with Gasteiger partial charge in [-0.3, -0.25) is 0 Å². The van der Waals surface area contributed by atoms with Crippen LogP contribution in [0.1, 0.15) is 78.1 Å². The highest BCUT2D eigenvalue weighted by atomic mass is 28.4. The van der Waals surface area contributed by atoms with Crippen molar-refractivity contribution < 1.29 is 33.0 Å². The lowest BCUT2D eigenvalue weighted by Crippen LogP contribution is -2.69. The first-order valence-corrected chi connectivity index (χ1v) is 18.5. The molecule has 0 aliphatic carbocycles. The zero-order valence-corrected chi connectivity index (χ0v) is 29.8. The molecule has 0 spiro atoms. The normalized spacial score (nSPS) is 21.0. The molecule has 1 saturated heterocycles. The summed E-state index contributed by atoms with van der Waals surface area (Å²) < 4.78 is 31.7. The highest BCUT2D eigenvalue weighted by molar-refractivity contribution is 6.99. The van der Waals surface area contributed by atoms with E-state index in [1.807, 2.05) is 58.0 Å². The molecule has 0 aromatic heterocycles. The fourth-order valence-electron chi connectivity index (χ4n) is 6.06. The van der Waals surface area contributed by atoms with Gasteiger partial charge in [0.15, 0.2) is 12.4 Å². The molecular weight excluding hydrogens is 609 g/mol. The van der Waals surface area contributed by atoms with Crippen molar-refractivity contribution in [2.75, 3.05) is 0 Å². The molecule has 1 fully saturated rings. The molecular formula is C39H50O7Si. The van der Waals surface area contributed by atoms with Crippen molar-refractivity contribution in [3.05, 3.63) is 109 Å². The van der Waals surface area contributed by atoms with E-state index in [0.29, 0.717) is 24.8 Å². The zero-order chi connectivity index (χ0) is 34.0. The molecule has 8 heteroatoms. The van der Waals surface area contributed by atoms with E-state index in [-0.39, 0.29) is 35.4 Å². The monoisotopic (exact) mass is 658 g/mol. The number of carbonyl (C=O) groups is 2. The van der Waals surface area contributed by atoms with Gasteiger partial charge in [0.05, 0.1) is 30.0 Å². The molecule has 47 heavy (non-hydrogen) atoms. The molecule has 0 radical (unpaired) electrons. The van der Waals surface area contributed by atoms with E-state index in [9.17, 15) is 9.59 Å². The first-order valence-electron chi connectivity index (χ1n) is 16.6. The largest absolute Gasteiger partial charge is 0.460 e. The van der Waals surface area contributed by atoms with Gasteiger partial charge in [0.2, 0.25) is 0 Å². The van der Waals surface area contributed by atoms with Crippen LogP contribution >= 0.6 is 0 Å². The third-order valence-corrected chi connectivity index (χ3v) is 13.4. The summed E-state index contributed by atoms with van der Waals surface area (Å²) in [5, 5.41) is 2.10. The smallest absolute Gasteiger partial charge is 0.338 e. The molecule has 1 heterocycles. The fraction of sp³-hybridized carbons (Fsp3) is 0.436. The Kier molecular flexibility index (Phi) is 12.7. The second-order valence-electron chi connectivity index (χ2n) is 13.5. The molecule has 3 aromatic carbocycles. The zero-order valence-electron chi connectivity index (χ0n) is 28.8. The lowest BCUT2D eigenvalue weighted by Gasteiger charge is -2.48. The minimum atomic E-state index is -2.91. The van der Waals surface area contributed by atoms with Gasteiger partial charge in [0, 0.05) is 12.5 Å². The maximum Gasteiger partial charge on any atom is 0.338 e. The summed E-state index contributed by atoms with van der Waals surface area (Å²) in [6, 6.07) is 29.9.